The highest BCUT2D eigenvalue weighted by molar-refractivity contribution is 9.26. The maximum atomic E-state index is 9.00. The van der Waals surface area contributed by atoms with Crippen molar-refractivity contribution in [2.24, 2.45) is 0 Å². The smallest absolute Gasteiger partial charge is 0.0690 e. The van der Waals surface area contributed by atoms with Crippen molar-refractivity contribution >= 4 is 145 Å². The van der Waals surface area contributed by atoms with E-state index in [1.165, 1.54) is 0 Å². The lowest BCUT2D eigenvalue weighted by Gasteiger charge is -2.37. The van der Waals surface area contributed by atoms with E-state index in [2.05, 4.69) is 80.4 Å². The highest BCUT2D eigenvalue weighted by Crippen LogP contribution is 3.20. The van der Waals surface area contributed by atoms with Crippen LogP contribution in [0.2, 0.25) is 0 Å². The van der Waals surface area contributed by atoms with Gasteiger partial charge in [0.05, 0.1) is 1.28 Å². The maximum Gasteiger partial charge on any atom is 0.0690 e. The Morgan fingerprint density at radius 2 is 0.944 bits per heavy atom. The summed E-state index contributed by atoms with van der Waals surface area (Å²) in [7, 11) is 27.6. The molecule has 0 N–H and O–H groups in total. The molecule has 13 unspecified atom stereocenters. The summed E-state index contributed by atoms with van der Waals surface area (Å²) >= 11 is 0. The molecule has 0 aromatic carbocycles. The van der Waals surface area contributed by atoms with Gasteiger partial charge in [0.1, 0.15) is 0 Å². The molecule has 0 aromatic rings. The van der Waals surface area contributed by atoms with Gasteiger partial charge < -0.3 is 0 Å². The van der Waals surface area contributed by atoms with Gasteiger partial charge in [0.2, 0.25) is 0 Å². The lowest BCUT2D eigenvalue weighted by atomic mass is 28.6. The molecule has 18 heteroatoms. The number of hydrogen-bond donors (Lipinski definition) is 0. The molecule has 0 saturated carbocycles. The van der Waals surface area contributed by atoms with Crippen LogP contribution in [-0.2, 0) is 0 Å². The van der Waals surface area contributed by atoms with Gasteiger partial charge in [-0.2, -0.15) is 0 Å². The Balaban J connectivity index is 5.26. The molecule has 0 spiro atoms. The van der Waals surface area contributed by atoms with Crippen molar-refractivity contribution in [1.29, 1.82) is 1.28 Å². The third-order valence-corrected chi connectivity index (χ3v) is 104. The van der Waals surface area contributed by atoms with Crippen LogP contribution in [-0.4, -0.2) is 1.28 Å². The van der Waals surface area contributed by atoms with Crippen LogP contribution in [0.5, 0.6) is 0 Å². The largest absolute Gasteiger partial charge is 0.109 e. The zero-order chi connectivity index (χ0) is 15.3. The average Bonchev–Trinajstić information content (AvgIpc) is 2.22. The summed E-state index contributed by atoms with van der Waals surface area (Å²) in [6.45, 7) is -0.591. The summed E-state index contributed by atoms with van der Waals surface area (Å²) in [4.78, 5) is 0. The lowest BCUT2D eigenvalue weighted by Crippen LogP contribution is -1.47. The van der Waals surface area contributed by atoms with Crippen LogP contribution in [0.4, 0.5) is 0 Å². The fraction of sp³-hybridized carbons (Fsp3) is 0. The Morgan fingerprint density at radius 3 is 1.17 bits per heavy atom. The first-order valence-electron chi connectivity index (χ1n) is 4.43. The summed E-state index contributed by atoms with van der Waals surface area (Å²) < 4.78 is 9.00. The molecule has 0 nitrogen and oxygen atoms in total. The highest BCUT2D eigenvalue weighted by Gasteiger charge is 2.31. The van der Waals surface area contributed by atoms with E-state index < -0.39 is 7.90 Å². The highest BCUT2D eigenvalue weighted by atomic mass is 33.3. The molecule has 0 amide bonds. The monoisotopic (exact) mass is 579 g/mol. The molecule has 0 radical (unpaired) electrons. The second kappa shape index (κ2) is 14.8. The van der Waals surface area contributed by atoms with E-state index in [-0.39, 0.29) is 48.9 Å². The van der Waals surface area contributed by atoms with Crippen molar-refractivity contribution in [3.05, 3.63) is 0 Å². The number of hydrogen-bond acceptors (Lipinski definition) is 0. The first-order valence-corrected chi connectivity index (χ1v) is 35.8. The quantitative estimate of drug-likeness (QED) is 0.252. The van der Waals surface area contributed by atoms with Crippen LogP contribution in [0.1, 0.15) is 0 Å². The average molecular weight is 579 g/mol. The van der Waals surface area contributed by atoms with Crippen molar-refractivity contribution in [3.8, 4) is 0 Å². The SMILES string of the molecule is [2H]P(P(P(P)P)P(P)P)P(P(P)P)P(PP)P(P)P. The third-order valence-electron chi connectivity index (χ3n) is 1.28. The molecule has 0 fully saturated rings. The molecule has 0 aliphatic carbocycles. The van der Waals surface area contributed by atoms with Crippen molar-refractivity contribution in [2.75, 3.05) is 0 Å². The predicted octanol–water partition coefficient (Wildman–Crippen LogP) is 10.1. The van der Waals surface area contributed by atoms with Gasteiger partial charge in [-0.25, -0.2) is 0 Å². The Labute approximate surface area is 145 Å². The van der Waals surface area contributed by atoms with E-state index in [0.29, 0.717) is 0 Å². The summed E-state index contributed by atoms with van der Waals surface area (Å²) in [5.74, 6) is 0. The van der Waals surface area contributed by atoms with Gasteiger partial charge >= 0.3 is 0 Å². The summed E-state index contributed by atoms with van der Waals surface area (Å²) in [5, 5.41) is 0. The molecule has 0 aliphatic rings. The standard InChI is InChI=1S/H20P18/c1-10-16(12(2)3)18(15(8)9)11-17(13(4)5)14(6)7/h10-11H,1-9H2/i11D. The van der Waals surface area contributed by atoms with Gasteiger partial charge in [0, 0.05) is 0 Å². The van der Waals surface area contributed by atoms with Crippen molar-refractivity contribution in [3.63, 3.8) is 0 Å². The van der Waals surface area contributed by atoms with Gasteiger partial charge in [-0.1, -0.05) is 7.96 Å². The molecule has 0 bridgehead atoms. The molecule has 0 saturated heterocycles. The Bertz CT molecular complexity index is 222. The van der Waals surface area contributed by atoms with E-state index in [4.69, 9.17) is 1.28 Å². The topological polar surface area (TPSA) is 0 Å². The normalized spacial score (nSPS) is 19.6. The zero-order valence-electron chi connectivity index (χ0n) is 10.3. The fourth-order valence-electron chi connectivity index (χ4n) is 0.676. The van der Waals surface area contributed by atoms with Crippen LogP contribution in [0.25, 0.3) is 0 Å². The van der Waals surface area contributed by atoms with Gasteiger partial charge in [0.25, 0.3) is 0 Å². The summed E-state index contributed by atoms with van der Waals surface area (Å²) in [6.07, 6.45) is 0. The van der Waals surface area contributed by atoms with Crippen LogP contribution >= 0.6 is 145 Å². The van der Waals surface area contributed by atoms with E-state index in [1.54, 1.807) is 0 Å². The molecule has 18 heavy (non-hydrogen) atoms. The van der Waals surface area contributed by atoms with Crippen LogP contribution in [0.15, 0.2) is 0 Å². The number of rotatable bonds is 8. The van der Waals surface area contributed by atoms with E-state index in [0.717, 1.165) is 7.96 Å². The van der Waals surface area contributed by atoms with E-state index in [9.17, 15) is 0 Å². The molecule has 0 heterocycles. The van der Waals surface area contributed by atoms with E-state index >= 15 is 0 Å². The molecule has 0 aliphatic heterocycles. The minimum Gasteiger partial charge on any atom is -0.109 e. The summed E-state index contributed by atoms with van der Waals surface area (Å²) in [5.41, 5.74) is 0. The minimum atomic E-state index is -0.550. The molecule has 0 rings (SSSR count). The van der Waals surface area contributed by atoms with Crippen molar-refractivity contribution in [2.45, 2.75) is 0 Å². The molecular formula is H20P18. The second-order valence-electron chi connectivity index (χ2n) is 2.56. The fourth-order valence-corrected chi connectivity index (χ4v) is 164. The third kappa shape index (κ3) is 10.8. The Kier molecular flexibility index (Phi) is 19.5. The summed E-state index contributed by atoms with van der Waals surface area (Å²) in [6, 6.07) is 0. The zero-order valence-corrected chi connectivity index (χ0v) is 27.8. The molecule has 0 aromatic heterocycles. The maximum absolute atomic E-state index is 9.00. The van der Waals surface area contributed by atoms with Gasteiger partial charge in [-0.05, 0) is 56.8 Å². The minimum absolute atomic E-state index is 0.0298. The van der Waals surface area contributed by atoms with Crippen molar-refractivity contribution < 1.29 is 0 Å². The lowest BCUT2D eigenvalue weighted by molar-refractivity contribution is 4.59. The second-order valence-corrected chi connectivity index (χ2v) is 69.2. The van der Waals surface area contributed by atoms with Gasteiger partial charge in [0.15, 0.2) is 0 Å². The van der Waals surface area contributed by atoms with Gasteiger partial charge in [-0.3, -0.25) is 0 Å². The van der Waals surface area contributed by atoms with Crippen molar-refractivity contribution in [1.82, 2.24) is 0 Å². The molecule has 13 atom stereocenters. The van der Waals surface area contributed by atoms with Crippen LogP contribution < -0.4 is 0 Å². The Hall–Kier alpha value is 7.74. The molecular weight excluding hydrogens is 558 g/mol. The predicted molar refractivity (Wildman–Crippen MR) is 152 cm³/mol. The molecule has 110 valence electrons. The van der Waals surface area contributed by atoms with Crippen LogP contribution in [0.3, 0.4) is 0 Å². The Morgan fingerprint density at radius 1 is 0.611 bits per heavy atom. The van der Waals surface area contributed by atoms with E-state index in [1.807, 2.05) is 0 Å². The van der Waals surface area contributed by atoms with Crippen LogP contribution in [0, 0.1) is 0 Å². The first kappa shape index (κ1) is 23.8. The first-order chi connectivity index (χ1) is 8.64. The van der Waals surface area contributed by atoms with Gasteiger partial charge in [-0.15, -0.1) is 80.4 Å².